The summed E-state index contributed by atoms with van der Waals surface area (Å²) >= 11 is 0. The Morgan fingerprint density at radius 1 is 1.06 bits per heavy atom. The third-order valence-corrected chi connectivity index (χ3v) is 2.90. The number of nitrogen functional groups attached to an aromatic ring is 1. The van der Waals surface area contributed by atoms with Crippen molar-refractivity contribution in [2.75, 3.05) is 5.73 Å². The normalized spacial score (nSPS) is 10.8. The van der Waals surface area contributed by atoms with E-state index in [1.54, 1.807) is 0 Å². The number of nitrogens with zero attached hydrogens (tertiary/aromatic N) is 2. The lowest BCUT2D eigenvalue weighted by atomic mass is 10.0. The summed E-state index contributed by atoms with van der Waals surface area (Å²) in [5.74, 6) is 1.04. The molecule has 1 aromatic heterocycles. The number of rotatable bonds is 2. The second-order valence-electron chi connectivity index (χ2n) is 4.57. The monoisotopic (exact) mass is 227 g/mol. The molecular formula is C14H17N3. The third kappa shape index (κ3) is 2.44. The maximum Gasteiger partial charge on any atom is 0.149 e. The highest BCUT2D eigenvalue weighted by molar-refractivity contribution is 5.61. The number of aryl methyl sites for hydroxylation is 1. The van der Waals surface area contributed by atoms with E-state index in [2.05, 4.69) is 48.3 Å². The SMILES string of the molecule is Cc1cc(-c2ccc(C(C)C)cc2)nnc1N. The number of anilines is 1. The van der Waals surface area contributed by atoms with Crippen molar-refractivity contribution in [2.24, 2.45) is 0 Å². The Balaban J connectivity index is 2.36. The summed E-state index contributed by atoms with van der Waals surface area (Å²) in [7, 11) is 0. The minimum Gasteiger partial charge on any atom is -0.382 e. The molecule has 17 heavy (non-hydrogen) atoms. The molecule has 3 heteroatoms. The van der Waals surface area contributed by atoms with Gasteiger partial charge < -0.3 is 5.73 Å². The topological polar surface area (TPSA) is 51.8 Å². The Morgan fingerprint density at radius 2 is 1.71 bits per heavy atom. The van der Waals surface area contributed by atoms with Gasteiger partial charge in [0.1, 0.15) is 5.82 Å². The maximum atomic E-state index is 5.66. The van der Waals surface area contributed by atoms with Gasteiger partial charge in [-0.3, -0.25) is 0 Å². The van der Waals surface area contributed by atoms with Crippen molar-refractivity contribution in [3.05, 3.63) is 41.5 Å². The Morgan fingerprint density at radius 3 is 2.24 bits per heavy atom. The third-order valence-electron chi connectivity index (χ3n) is 2.90. The van der Waals surface area contributed by atoms with Crippen LogP contribution < -0.4 is 5.73 Å². The molecule has 88 valence electrons. The van der Waals surface area contributed by atoms with Crippen molar-refractivity contribution >= 4 is 5.82 Å². The summed E-state index contributed by atoms with van der Waals surface area (Å²) in [5.41, 5.74) is 9.89. The van der Waals surface area contributed by atoms with Gasteiger partial charge in [0.25, 0.3) is 0 Å². The quantitative estimate of drug-likeness (QED) is 0.857. The van der Waals surface area contributed by atoms with Crippen LogP contribution in [0.1, 0.15) is 30.9 Å². The van der Waals surface area contributed by atoms with Gasteiger partial charge in [-0.05, 0) is 30.0 Å². The molecule has 0 spiro atoms. The molecule has 0 radical (unpaired) electrons. The second-order valence-corrected chi connectivity index (χ2v) is 4.57. The second kappa shape index (κ2) is 4.53. The average molecular weight is 227 g/mol. The van der Waals surface area contributed by atoms with Crippen molar-refractivity contribution in [3.63, 3.8) is 0 Å². The number of nitrogens with two attached hydrogens (primary N) is 1. The van der Waals surface area contributed by atoms with Crippen LogP contribution in [0.2, 0.25) is 0 Å². The van der Waals surface area contributed by atoms with E-state index < -0.39 is 0 Å². The van der Waals surface area contributed by atoms with Crippen molar-refractivity contribution in [2.45, 2.75) is 26.7 Å². The molecule has 0 fully saturated rings. The van der Waals surface area contributed by atoms with Gasteiger partial charge in [0.15, 0.2) is 0 Å². The van der Waals surface area contributed by atoms with Gasteiger partial charge in [-0.15, -0.1) is 10.2 Å². The number of hydrogen-bond donors (Lipinski definition) is 1. The standard InChI is InChI=1S/C14H17N3/c1-9(2)11-4-6-12(7-5-11)13-8-10(3)14(15)17-16-13/h4-9H,1-3H3,(H2,15,17). The van der Waals surface area contributed by atoms with Crippen LogP contribution in [0, 0.1) is 6.92 Å². The lowest BCUT2D eigenvalue weighted by Crippen LogP contribution is -1.98. The van der Waals surface area contributed by atoms with E-state index in [4.69, 9.17) is 5.73 Å². The average Bonchev–Trinajstić information content (AvgIpc) is 2.33. The smallest absolute Gasteiger partial charge is 0.149 e. The number of benzene rings is 1. The van der Waals surface area contributed by atoms with Gasteiger partial charge in [0, 0.05) is 5.56 Å². The summed E-state index contributed by atoms with van der Waals surface area (Å²) in [4.78, 5) is 0. The molecule has 2 N–H and O–H groups in total. The van der Waals surface area contributed by atoms with Crippen molar-refractivity contribution in [3.8, 4) is 11.3 Å². The lowest BCUT2D eigenvalue weighted by molar-refractivity contribution is 0.867. The van der Waals surface area contributed by atoms with Gasteiger partial charge in [0.05, 0.1) is 5.69 Å². The molecule has 0 saturated carbocycles. The fourth-order valence-electron chi connectivity index (χ4n) is 1.67. The van der Waals surface area contributed by atoms with Crippen LogP contribution >= 0.6 is 0 Å². The summed E-state index contributed by atoms with van der Waals surface area (Å²) in [6.07, 6.45) is 0. The molecule has 2 aromatic rings. The van der Waals surface area contributed by atoms with Crippen LogP contribution in [0.3, 0.4) is 0 Å². The highest BCUT2D eigenvalue weighted by atomic mass is 15.1. The molecule has 0 bridgehead atoms. The Labute approximate surface area is 102 Å². The van der Waals surface area contributed by atoms with E-state index in [1.807, 2.05) is 13.0 Å². The molecule has 0 unspecified atom stereocenters. The molecule has 0 amide bonds. The summed E-state index contributed by atoms with van der Waals surface area (Å²) in [6.45, 7) is 6.31. The van der Waals surface area contributed by atoms with Gasteiger partial charge in [-0.2, -0.15) is 0 Å². The first-order valence-corrected chi connectivity index (χ1v) is 5.78. The zero-order chi connectivity index (χ0) is 12.4. The van der Waals surface area contributed by atoms with E-state index in [9.17, 15) is 0 Å². The predicted molar refractivity (Wildman–Crippen MR) is 70.7 cm³/mol. The van der Waals surface area contributed by atoms with Crippen LogP contribution in [-0.4, -0.2) is 10.2 Å². The molecule has 3 nitrogen and oxygen atoms in total. The zero-order valence-electron chi connectivity index (χ0n) is 10.4. The first-order valence-electron chi connectivity index (χ1n) is 5.78. The minimum absolute atomic E-state index is 0.493. The van der Waals surface area contributed by atoms with E-state index in [0.717, 1.165) is 16.8 Å². The van der Waals surface area contributed by atoms with Crippen molar-refractivity contribution < 1.29 is 0 Å². The number of hydrogen-bond acceptors (Lipinski definition) is 3. The first-order chi connectivity index (χ1) is 8.08. The van der Waals surface area contributed by atoms with Gasteiger partial charge in [-0.1, -0.05) is 38.1 Å². The minimum atomic E-state index is 0.493. The largest absolute Gasteiger partial charge is 0.382 e. The Kier molecular flexibility index (Phi) is 3.09. The van der Waals surface area contributed by atoms with E-state index in [-0.39, 0.29) is 0 Å². The molecule has 0 atom stereocenters. The maximum absolute atomic E-state index is 5.66. The lowest BCUT2D eigenvalue weighted by Gasteiger charge is -2.07. The van der Waals surface area contributed by atoms with Crippen molar-refractivity contribution in [1.29, 1.82) is 0 Å². The molecule has 1 aromatic carbocycles. The van der Waals surface area contributed by atoms with Crippen LogP contribution in [-0.2, 0) is 0 Å². The molecule has 0 aliphatic heterocycles. The number of aromatic nitrogens is 2. The van der Waals surface area contributed by atoms with Gasteiger partial charge in [-0.25, -0.2) is 0 Å². The molecule has 0 aliphatic carbocycles. The fourth-order valence-corrected chi connectivity index (χ4v) is 1.67. The Hall–Kier alpha value is -1.90. The summed E-state index contributed by atoms with van der Waals surface area (Å²) in [6, 6.07) is 10.4. The highest BCUT2D eigenvalue weighted by Gasteiger charge is 2.04. The molecule has 0 aliphatic rings. The molecule has 2 rings (SSSR count). The van der Waals surface area contributed by atoms with E-state index >= 15 is 0 Å². The van der Waals surface area contributed by atoms with E-state index in [0.29, 0.717) is 11.7 Å². The zero-order valence-corrected chi connectivity index (χ0v) is 10.4. The molecule has 0 saturated heterocycles. The summed E-state index contributed by atoms with van der Waals surface area (Å²) in [5, 5.41) is 8.05. The first kappa shape index (κ1) is 11.6. The van der Waals surface area contributed by atoms with Crippen LogP contribution in [0.25, 0.3) is 11.3 Å². The molecule has 1 heterocycles. The van der Waals surface area contributed by atoms with Crippen LogP contribution in [0.15, 0.2) is 30.3 Å². The van der Waals surface area contributed by atoms with Gasteiger partial charge in [0.2, 0.25) is 0 Å². The fraction of sp³-hybridized carbons (Fsp3) is 0.286. The van der Waals surface area contributed by atoms with Crippen LogP contribution in [0.4, 0.5) is 5.82 Å². The summed E-state index contributed by atoms with van der Waals surface area (Å²) < 4.78 is 0. The van der Waals surface area contributed by atoms with Crippen molar-refractivity contribution in [1.82, 2.24) is 10.2 Å². The predicted octanol–water partition coefficient (Wildman–Crippen LogP) is 3.16. The van der Waals surface area contributed by atoms with Gasteiger partial charge >= 0.3 is 0 Å². The Bertz CT molecular complexity index is 515. The van der Waals surface area contributed by atoms with E-state index in [1.165, 1.54) is 5.56 Å². The highest BCUT2D eigenvalue weighted by Crippen LogP contribution is 2.22. The van der Waals surface area contributed by atoms with Crippen LogP contribution in [0.5, 0.6) is 0 Å². The molecular weight excluding hydrogens is 210 g/mol.